The predicted octanol–water partition coefficient (Wildman–Crippen LogP) is -0.148. The molecule has 0 unspecified atom stereocenters. The van der Waals surface area contributed by atoms with E-state index in [9.17, 15) is 10.1 Å². The zero-order valence-corrected chi connectivity index (χ0v) is 9.34. The van der Waals surface area contributed by atoms with Gasteiger partial charge in [0.05, 0.1) is 5.71 Å². The molecule has 1 rings (SSSR count). The summed E-state index contributed by atoms with van der Waals surface area (Å²) in [4.78, 5) is 16.7. The average molecular weight is 229 g/mol. The molecule has 90 valence electrons. The second-order valence-electron chi connectivity index (χ2n) is 3.33. The van der Waals surface area contributed by atoms with Gasteiger partial charge in [0.2, 0.25) is 0 Å². The molecule has 8 heteroatoms. The van der Waals surface area contributed by atoms with Gasteiger partial charge in [-0.3, -0.25) is 0 Å². The summed E-state index contributed by atoms with van der Waals surface area (Å²) >= 11 is 0. The molecule has 0 amide bonds. The number of nitro groups is 1. The minimum Gasteiger partial charge on any atom is -0.399 e. The lowest BCUT2D eigenvalue weighted by Crippen LogP contribution is -2.32. The van der Waals surface area contributed by atoms with Crippen molar-refractivity contribution in [3.8, 4) is 0 Å². The van der Waals surface area contributed by atoms with E-state index < -0.39 is 5.03 Å². The molecule has 1 aliphatic rings. The fourth-order valence-corrected chi connectivity index (χ4v) is 1.41. The van der Waals surface area contributed by atoms with Gasteiger partial charge in [-0.1, -0.05) is 5.16 Å². The van der Waals surface area contributed by atoms with E-state index in [-0.39, 0.29) is 0 Å². The molecule has 1 heterocycles. The van der Waals surface area contributed by atoms with E-state index in [4.69, 9.17) is 0 Å². The van der Waals surface area contributed by atoms with E-state index in [0.29, 0.717) is 32.0 Å². The highest BCUT2D eigenvalue weighted by Gasteiger charge is 2.20. The van der Waals surface area contributed by atoms with Crippen LogP contribution in [0.25, 0.3) is 0 Å². The molecule has 1 saturated heterocycles. The van der Waals surface area contributed by atoms with Crippen molar-refractivity contribution >= 4 is 11.7 Å². The van der Waals surface area contributed by atoms with Gasteiger partial charge in [0, 0.05) is 26.1 Å². The Morgan fingerprint density at radius 3 is 3.12 bits per heavy atom. The van der Waals surface area contributed by atoms with Crippen LogP contribution < -0.4 is 5.32 Å². The Balaban J connectivity index is 2.47. The van der Waals surface area contributed by atoms with E-state index in [1.807, 2.05) is 11.8 Å². The normalized spacial score (nSPS) is 18.8. The van der Waals surface area contributed by atoms with Crippen LogP contribution in [0.2, 0.25) is 0 Å². The number of oxime groups is 1. The Hall–Kier alpha value is -1.86. The zero-order valence-electron chi connectivity index (χ0n) is 9.34. The first kappa shape index (κ1) is 12.2. The molecule has 1 aliphatic heterocycles. The summed E-state index contributed by atoms with van der Waals surface area (Å²) in [6, 6.07) is 0. The molecular formula is C8H15N5O3. The number of rotatable bonds is 5. The SMILES string of the molecule is CO/N=C(\C)CCN1CCN/C1=N\[N+](=O)[O-]. The van der Waals surface area contributed by atoms with E-state index in [2.05, 4.69) is 20.4 Å². The van der Waals surface area contributed by atoms with Crippen molar-refractivity contribution in [3.63, 3.8) is 0 Å². The lowest BCUT2D eigenvalue weighted by atomic mass is 10.3. The summed E-state index contributed by atoms with van der Waals surface area (Å²) in [6.07, 6.45) is 0.687. The van der Waals surface area contributed by atoms with Crippen molar-refractivity contribution in [3.05, 3.63) is 10.1 Å². The average Bonchev–Trinajstić information content (AvgIpc) is 2.62. The highest BCUT2D eigenvalue weighted by Crippen LogP contribution is 2.00. The largest absolute Gasteiger partial charge is 0.399 e. The van der Waals surface area contributed by atoms with Crippen LogP contribution in [0.4, 0.5) is 0 Å². The van der Waals surface area contributed by atoms with Crippen LogP contribution in [0.15, 0.2) is 10.3 Å². The summed E-state index contributed by atoms with van der Waals surface area (Å²) in [5.41, 5.74) is 0.842. The maximum absolute atomic E-state index is 10.2. The Morgan fingerprint density at radius 1 is 1.75 bits per heavy atom. The van der Waals surface area contributed by atoms with Gasteiger partial charge in [0.15, 0.2) is 5.03 Å². The van der Waals surface area contributed by atoms with Crippen LogP contribution in [0.1, 0.15) is 13.3 Å². The maximum Gasteiger partial charge on any atom is 0.271 e. The molecule has 0 aliphatic carbocycles. The monoisotopic (exact) mass is 229 g/mol. The van der Waals surface area contributed by atoms with Gasteiger partial charge in [0.25, 0.3) is 5.96 Å². The van der Waals surface area contributed by atoms with E-state index in [1.54, 1.807) is 0 Å². The first-order valence-corrected chi connectivity index (χ1v) is 4.92. The van der Waals surface area contributed by atoms with Crippen LogP contribution in [-0.2, 0) is 4.84 Å². The summed E-state index contributed by atoms with van der Waals surface area (Å²) in [5.74, 6) is 0.315. The topological polar surface area (TPSA) is 92.4 Å². The third-order valence-corrected chi connectivity index (χ3v) is 2.13. The van der Waals surface area contributed by atoms with Crippen LogP contribution in [0.5, 0.6) is 0 Å². The van der Waals surface area contributed by atoms with Crippen LogP contribution in [0.3, 0.4) is 0 Å². The zero-order chi connectivity index (χ0) is 12.0. The highest BCUT2D eigenvalue weighted by molar-refractivity contribution is 5.84. The standard InChI is InChI=1S/C8H15N5O3/c1-7(11-16-2)3-5-12-6-4-9-8(12)10-13(14)15/h3-6H2,1-2H3,(H,9,10)/b11-7+. The minimum absolute atomic E-state index is 0.315. The van der Waals surface area contributed by atoms with Gasteiger partial charge in [-0.05, 0) is 6.92 Å². The Bertz CT molecular complexity index is 315. The van der Waals surface area contributed by atoms with Crippen LogP contribution in [-0.4, -0.2) is 48.3 Å². The third-order valence-electron chi connectivity index (χ3n) is 2.13. The molecule has 0 spiro atoms. The molecular weight excluding hydrogens is 214 g/mol. The van der Waals surface area contributed by atoms with Gasteiger partial charge in [-0.2, -0.15) is 0 Å². The Morgan fingerprint density at radius 2 is 2.50 bits per heavy atom. The van der Waals surface area contributed by atoms with Crippen molar-refractivity contribution in [2.45, 2.75) is 13.3 Å². The molecule has 16 heavy (non-hydrogen) atoms. The molecule has 0 atom stereocenters. The van der Waals surface area contributed by atoms with Crippen LogP contribution in [0, 0.1) is 10.1 Å². The number of nitrogens with one attached hydrogen (secondary N) is 1. The third kappa shape index (κ3) is 3.71. The summed E-state index contributed by atoms with van der Waals surface area (Å²) in [7, 11) is 1.49. The molecule has 0 aromatic heterocycles. The molecule has 0 saturated carbocycles. The molecule has 8 nitrogen and oxygen atoms in total. The summed E-state index contributed by atoms with van der Waals surface area (Å²) in [6.45, 7) is 3.87. The number of hydrogen-bond donors (Lipinski definition) is 1. The Kier molecular flexibility index (Phi) is 4.49. The lowest BCUT2D eigenvalue weighted by Gasteiger charge is -2.14. The maximum atomic E-state index is 10.2. The van der Waals surface area contributed by atoms with E-state index in [0.717, 1.165) is 5.71 Å². The Labute approximate surface area is 93.1 Å². The second-order valence-corrected chi connectivity index (χ2v) is 3.33. The summed E-state index contributed by atoms with van der Waals surface area (Å²) in [5, 5.41) is 19.4. The number of hydrazone groups is 1. The molecule has 1 fully saturated rings. The molecule has 1 N–H and O–H groups in total. The van der Waals surface area contributed by atoms with Crippen molar-refractivity contribution in [1.82, 2.24) is 10.2 Å². The first-order valence-electron chi connectivity index (χ1n) is 4.92. The van der Waals surface area contributed by atoms with Gasteiger partial charge < -0.3 is 15.1 Å². The van der Waals surface area contributed by atoms with Crippen molar-refractivity contribution in [1.29, 1.82) is 0 Å². The fourth-order valence-electron chi connectivity index (χ4n) is 1.41. The van der Waals surface area contributed by atoms with Crippen molar-refractivity contribution in [2.75, 3.05) is 26.7 Å². The highest BCUT2D eigenvalue weighted by atomic mass is 16.7. The van der Waals surface area contributed by atoms with Crippen molar-refractivity contribution in [2.24, 2.45) is 10.3 Å². The van der Waals surface area contributed by atoms with Gasteiger partial charge >= 0.3 is 0 Å². The first-order chi connectivity index (χ1) is 7.63. The summed E-state index contributed by atoms with van der Waals surface area (Å²) < 4.78 is 0. The molecule has 0 bridgehead atoms. The number of guanidine groups is 1. The van der Waals surface area contributed by atoms with Crippen molar-refractivity contribution < 1.29 is 9.87 Å². The lowest BCUT2D eigenvalue weighted by molar-refractivity contribution is -0.485. The predicted molar refractivity (Wildman–Crippen MR) is 58.7 cm³/mol. The molecule has 0 aromatic rings. The van der Waals surface area contributed by atoms with Crippen LogP contribution >= 0.6 is 0 Å². The number of hydrogen-bond acceptors (Lipinski definition) is 4. The molecule has 0 aromatic carbocycles. The minimum atomic E-state index is -0.698. The van der Waals surface area contributed by atoms with E-state index >= 15 is 0 Å². The number of nitrogens with zero attached hydrogens (tertiary/aromatic N) is 4. The van der Waals surface area contributed by atoms with Gasteiger partial charge in [-0.15, -0.1) is 0 Å². The van der Waals surface area contributed by atoms with Gasteiger partial charge in [-0.25, -0.2) is 10.1 Å². The smallest absolute Gasteiger partial charge is 0.271 e. The second kappa shape index (κ2) is 5.89. The molecule has 0 radical (unpaired) electrons. The van der Waals surface area contributed by atoms with E-state index in [1.165, 1.54) is 7.11 Å². The fraction of sp³-hybridized carbons (Fsp3) is 0.750. The van der Waals surface area contributed by atoms with Gasteiger partial charge in [0.1, 0.15) is 12.2 Å². The quantitative estimate of drug-likeness (QED) is 0.402.